The minimum Gasteiger partial charge on any atom is -0.491 e. The van der Waals surface area contributed by atoms with Crippen LogP contribution in [0.4, 0.5) is 0 Å². The van der Waals surface area contributed by atoms with Crippen LogP contribution in [-0.2, 0) is 4.74 Å². The van der Waals surface area contributed by atoms with E-state index in [9.17, 15) is 9.59 Å². The first-order valence-corrected chi connectivity index (χ1v) is 5.69. The van der Waals surface area contributed by atoms with Crippen LogP contribution in [0.2, 0.25) is 0 Å². The molecule has 0 saturated carbocycles. The summed E-state index contributed by atoms with van der Waals surface area (Å²) in [6.45, 7) is 1.11. The molecule has 98 valence electrons. The van der Waals surface area contributed by atoms with E-state index in [0.717, 1.165) is 6.07 Å². The lowest BCUT2D eigenvalue weighted by molar-refractivity contribution is 0.0663. The fourth-order valence-corrected chi connectivity index (χ4v) is 1.68. The number of carboxylic acid groups (broad SMARTS) is 1. The number of hydrogen-bond donors (Lipinski definition) is 1. The topological polar surface area (TPSA) is 89.3 Å². The molecule has 6 heteroatoms. The van der Waals surface area contributed by atoms with E-state index in [1.165, 1.54) is 6.07 Å². The molecule has 1 atom stereocenters. The summed E-state index contributed by atoms with van der Waals surface area (Å²) in [5.41, 5.74) is -0.199. The number of hydrogen-bond acceptors (Lipinski definition) is 5. The summed E-state index contributed by atoms with van der Waals surface area (Å²) in [6.07, 6.45) is 0.119. The van der Waals surface area contributed by atoms with Gasteiger partial charge in [0.2, 0.25) is 5.76 Å². The number of epoxide rings is 1. The molecule has 0 aliphatic carbocycles. The lowest BCUT2D eigenvalue weighted by Gasteiger charge is -2.05. The third-order valence-corrected chi connectivity index (χ3v) is 2.75. The average Bonchev–Trinajstić information content (AvgIpc) is 3.19. The van der Waals surface area contributed by atoms with Crippen molar-refractivity contribution in [1.82, 2.24) is 0 Å². The monoisotopic (exact) mass is 262 g/mol. The fourth-order valence-electron chi connectivity index (χ4n) is 1.68. The number of fused-ring (bicyclic) bond motifs is 1. The minimum atomic E-state index is -1.28. The number of benzene rings is 1. The smallest absolute Gasteiger partial charge is 0.371 e. The van der Waals surface area contributed by atoms with E-state index in [2.05, 4.69) is 0 Å². The van der Waals surface area contributed by atoms with Gasteiger partial charge in [-0.25, -0.2) is 4.79 Å². The highest BCUT2D eigenvalue weighted by molar-refractivity contribution is 5.87. The normalized spacial score (nSPS) is 17.4. The Bertz CT molecular complexity index is 698. The minimum absolute atomic E-state index is 0.119. The number of carbonyl (C=O) groups is 1. The highest BCUT2D eigenvalue weighted by Crippen LogP contribution is 2.21. The molecule has 1 saturated heterocycles. The number of ether oxygens (including phenoxy) is 2. The van der Waals surface area contributed by atoms with Crippen LogP contribution in [0.5, 0.6) is 5.75 Å². The van der Waals surface area contributed by atoms with E-state index in [-0.39, 0.29) is 17.4 Å². The molecular formula is C13H10O6. The molecule has 1 aliphatic rings. The van der Waals surface area contributed by atoms with Gasteiger partial charge in [-0.15, -0.1) is 0 Å². The first-order valence-electron chi connectivity index (χ1n) is 5.69. The van der Waals surface area contributed by atoms with Gasteiger partial charge in [-0.3, -0.25) is 4.79 Å². The predicted octanol–water partition coefficient (Wildman–Crippen LogP) is 1.27. The third-order valence-electron chi connectivity index (χ3n) is 2.75. The molecule has 0 bridgehead atoms. The maximum atomic E-state index is 11.7. The van der Waals surface area contributed by atoms with Crippen molar-refractivity contribution in [3.05, 3.63) is 40.2 Å². The number of carboxylic acids is 1. The quantitative estimate of drug-likeness (QED) is 0.834. The summed E-state index contributed by atoms with van der Waals surface area (Å²) in [7, 11) is 0. The second-order valence-electron chi connectivity index (χ2n) is 4.20. The van der Waals surface area contributed by atoms with Crippen molar-refractivity contribution in [2.45, 2.75) is 6.10 Å². The molecular weight excluding hydrogens is 252 g/mol. The average molecular weight is 262 g/mol. The van der Waals surface area contributed by atoms with E-state index >= 15 is 0 Å². The first kappa shape index (κ1) is 11.7. The SMILES string of the molecule is O=C(O)c1cc(=O)c2ccc(OCC3CO3)cc2o1. The summed E-state index contributed by atoms with van der Waals surface area (Å²) in [4.78, 5) is 22.5. The standard InChI is InChI=1S/C13H10O6/c14-10-4-12(13(15)16)19-11-3-7(1-2-9(10)11)17-5-8-6-18-8/h1-4,8H,5-6H2,(H,15,16). The van der Waals surface area contributed by atoms with Crippen molar-refractivity contribution in [1.29, 1.82) is 0 Å². The van der Waals surface area contributed by atoms with Gasteiger partial charge in [0.1, 0.15) is 24.0 Å². The van der Waals surface area contributed by atoms with Gasteiger partial charge < -0.3 is 19.0 Å². The highest BCUT2D eigenvalue weighted by Gasteiger charge is 2.23. The van der Waals surface area contributed by atoms with Crippen molar-refractivity contribution < 1.29 is 23.8 Å². The van der Waals surface area contributed by atoms with Gasteiger partial charge >= 0.3 is 5.97 Å². The van der Waals surface area contributed by atoms with E-state index in [4.69, 9.17) is 19.0 Å². The summed E-state index contributed by atoms with van der Waals surface area (Å²) in [6, 6.07) is 5.66. The lowest BCUT2D eigenvalue weighted by atomic mass is 10.2. The first-order chi connectivity index (χ1) is 9.13. The molecule has 1 fully saturated rings. The molecule has 0 amide bonds. The van der Waals surface area contributed by atoms with E-state index in [1.54, 1.807) is 12.1 Å². The molecule has 19 heavy (non-hydrogen) atoms. The van der Waals surface area contributed by atoms with Crippen LogP contribution in [0, 0.1) is 0 Å². The van der Waals surface area contributed by atoms with Crippen LogP contribution in [-0.4, -0.2) is 30.4 Å². The maximum Gasteiger partial charge on any atom is 0.371 e. The van der Waals surface area contributed by atoms with Gasteiger partial charge in [0, 0.05) is 12.1 Å². The Hall–Kier alpha value is -2.34. The van der Waals surface area contributed by atoms with Crippen molar-refractivity contribution in [2.75, 3.05) is 13.2 Å². The Labute approximate surface area is 107 Å². The number of rotatable bonds is 4. The van der Waals surface area contributed by atoms with Gasteiger partial charge in [0.15, 0.2) is 5.43 Å². The van der Waals surface area contributed by atoms with Gasteiger partial charge in [-0.2, -0.15) is 0 Å². The Morgan fingerprint density at radius 3 is 2.89 bits per heavy atom. The second-order valence-corrected chi connectivity index (χ2v) is 4.20. The molecule has 0 radical (unpaired) electrons. The molecule has 1 aliphatic heterocycles. The predicted molar refractivity (Wildman–Crippen MR) is 64.7 cm³/mol. The maximum absolute atomic E-state index is 11.7. The summed E-state index contributed by atoms with van der Waals surface area (Å²) in [5.74, 6) is -1.16. The summed E-state index contributed by atoms with van der Waals surface area (Å²) >= 11 is 0. The second kappa shape index (κ2) is 4.40. The van der Waals surface area contributed by atoms with Crippen LogP contribution in [0.1, 0.15) is 10.6 Å². The molecule has 3 rings (SSSR count). The molecule has 1 aromatic heterocycles. The van der Waals surface area contributed by atoms with Crippen molar-refractivity contribution in [3.63, 3.8) is 0 Å². The number of aromatic carboxylic acids is 1. The zero-order valence-corrected chi connectivity index (χ0v) is 9.79. The fraction of sp³-hybridized carbons (Fsp3) is 0.231. The van der Waals surface area contributed by atoms with Crippen molar-refractivity contribution in [2.24, 2.45) is 0 Å². The van der Waals surface area contributed by atoms with Crippen molar-refractivity contribution in [3.8, 4) is 5.75 Å². The van der Waals surface area contributed by atoms with Crippen LogP contribution in [0.25, 0.3) is 11.0 Å². The highest BCUT2D eigenvalue weighted by atomic mass is 16.6. The van der Waals surface area contributed by atoms with Crippen molar-refractivity contribution >= 4 is 16.9 Å². The van der Waals surface area contributed by atoms with Crippen LogP contribution in [0.15, 0.2) is 33.5 Å². The van der Waals surface area contributed by atoms with Gasteiger partial charge in [-0.05, 0) is 12.1 Å². The van der Waals surface area contributed by atoms with E-state index in [1.807, 2.05) is 0 Å². The lowest BCUT2D eigenvalue weighted by Crippen LogP contribution is -2.07. The Morgan fingerprint density at radius 2 is 2.21 bits per heavy atom. The van der Waals surface area contributed by atoms with Gasteiger partial charge in [0.25, 0.3) is 0 Å². The Kier molecular flexibility index (Phi) is 2.72. The van der Waals surface area contributed by atoms with Gasteiger partial charge in [0.05, 0.1) is 12.0 Å². The molecule has 1 unspecified atom stereocenters. The van der Waals surface area contributed by atoms with Gasteiger partial charge in [-0.1, -0.05) is 0 Å². The van der Waals surface area contributed by atoms with E-state index in [0.29, 0.717) is 24.3 Å². The molecule has 6 nitrogen and oxygen atoms in total. The summed E-state index contributed by atoms with van der Waals surface area (Å²) < 4.78 is 15.6. The molecule has 1 N–H and O–H groups in total. The zero-order valence-electron chi connectivity index (χ0n) is 9.79. The third kappa shape index (κ3) is 2.43. The largest absolute Gasteiger partial charge is 0.491 e. The van der Waals surface area contributed by atoms with E-state index < -0.39 is 11.4 Å². The Balaban J connectivity index is 1.99. The Morgan fingerprint density at radius 1 is 1.42 bits per heavy atom. The molecule has 2 heterocycles. The molecule has 1 aromatic carbocycles. The molecule has 2 aromatic rings. The molecule has 0 spiro atoms. The summed E-state index contributed by atoms with van der Waals surface area (Å²) in [5, 5.41) is 9.16. The van der Waals surface area contributed by atoms with Crippen LogP contribution < -0.4 is 10.2 Å². The zero-order chi connectivity index (χ0) is 13.4. The van der Waals surface area contributed by atoms with Crippen LogP contribution in [0.3, 0.4) is 0 Å². The van der Waals surface area contributed by atoms with Crippen LogP contribution >= 0.6 is 0 Å².